The van der Waals surface area contributed by atoms with Gasteiger partial charge in [-0.1, -0.05) is 192 Å². The van der Waals surface area contributed by atoms with Crippen LogP contribution in [0.5, 0.6) is 0 Å². The highest BCUT2D eigenvalue weighted by atomic mass is 15.2. The molecule has 15 rings (SSSR count). The average molecular weight is 1100 g/mol. The van der Waals surface area contributed by atoms with Crippen molar-refractivity contribution in [2.24, 2.45) is 0 Å². The predicted molar refractivity (Wildman–Crippen MR) is 357 cm³/mol. The smallest absolute Gasteiger partial charge is 0.0544 e. The van der Waals surface area contributed by atoms with E-state index >= 15 is 0 Å². The summed E-state index contributed by atoms with van der Waals surface area (Å²) in [6, 6.07) is 70.5. The molecule has 84 heavy (non-hydrogen) atoms. The van der Waals surface area contributed by atoms with Gasteiger partial charge in [0.15, 0.2) is 0 Å². The van der Waals surface area contributed by atoms with Crippen molar-refractivity contribution >= 4 is 45.5 Å². The Morgan fingerprint density at radius 3 is 0.952 bits per heavy atom. The van der Waals surface area contributed by atoms with Crippen LogP contribution >= 0.6 is 0 Å². The van der Waals surface area contributed by atoms with Gasteiger partial charge in [0, 0.05) is 65.4 Å². The first-order valence-electron chi connectivity index (χ1n) is 31.4. The maximum atomic E-state index is 2.70. The van der Waals surface area contributed by atoms with Gasteiger partial charge in [-0.2, -0.15) is 0 Å². The van der Waals surface area contributed by atoms with E-state index in [4.69, 9.17) is 0 Å². The summed E-state index contributed by atoms with van der Waals surface area (Å²) in [5.41, 5.74) is 31.6. The molecule has 4 nitrogen and oxygen atoms in total. The quantitative estimate of drug-likeness (QED) is 0.158. The van der Waals surface area contributed by atoms with Crippen molar-refractivity contribution in [2.75, 3.05) is 45.8 Å². The molecule has 422 valence electrons. The molecular weight excluding hydrogens is 1020 g/mol. The molecule has 9 aromatic rings. The van der Waals surface area contributed by atoms with Crippen LogP contribution < -0.4 is 19.6 Å². The van der Waals surface area contributed by atoms with E-state index in [1.807, 2.05) is 0 Å². The first-order chi connectivity index (χ1) is 40.1. The van der Waals surface area contributed by atoms with E-state index in [1.54, 1.807) is 0 Å². The second-order valence-corrected chi connectivity index (χ2v) is 29.4. The minimum absolute atomic E-state index is 0.0665. The maximum Gasteiger partial charge on any atom is 0.0544 e. The summed E-state index contributed by atoms with van der Waals surface area (Å²) in [7, 11) is 0. The minimum Gasteiger partial charge on any atom is -0.371 e. The van der Waals surface area contributed by atoms with Gasteiger partial charge >= 0.3 is 0 Å². The van der Waals surface area contributed by atoms with Crippen molar-refractivity contribution in [3.8, 4) is 44.5 Å². The third-order valence-corrected chi connectivity index (χ3v) is 21.7. The normalized spacial score (nSPS) is 19.1. The molecule has 4 heteroatoms. The van der Waals surface area contributed by atoms with E-state index in [0.717, 1.165) is 51.9 Å². The number of hydrogen-bond donors (Lipinski definition) is 0. The summed E-state index contributed by atoms with van der Waals surface area (Å²) < 4.78 is 0. The van der Waals surface area contributed by atoms with Crippen molar-refractivity contribution < 1.29 is 0 Å². The lowest BCUT2D eigenvalue weighted by Crippen LogP contribution is -2.45. The fourth-order valence-corrected chi connectivity index (χ4v) is 16.0. The van der Waals surface area contributed by atoms with E-state index in [9.17, 15) is 0 Å². The fourth-order valence-electron chi connectivity index (χ4n) is 16.0. The SMILES string of the molecule is CC1(C)CCN2CCC(C)(C)c3cc(N(c4ccc(-c5ccc(-c6cc7c8c(c6)C(C)(C)c6cc(-c9ccccc9)ccc6N8c6ccc(-c8ccccc8)cc6C7(C)C)cc5)cc4)c4cc5c6c(c4)C(C)(C)CCN6CCC5(C)C)cc1c32. The Bertz CT molecular complexity index is 3840. The molecule has 0 aromatic heterocycles. The molecule has 0 saturated carbocycles. The van der Waals surface area contributed by atoms with Gasteiger partial charge in [-0.15, -0.1) is 0 Å². The molecule has 0 bridgehead atoms. The topological polar surface area (TPSA) is 13.0 Å². The van der Waals surface area contributed by atoms with Gasteiger partial charge in [0.05, 0.1) is 17.1 Å². The van der Waals surface area contributed by atoms with Crippen LogP contribution in [0.2, 0.25) is 0 Å². The van der Waals surface area contributed by atoms with Gasteiger partial charge in [-0.3, -0.25) is 0 Å². The lowest BCUT2D eigenvalue weighted by atomic mass is 9.65. The zero-order chi connectivity index (χ0) is 58.0. The van der Waals surface area contributed by atoms with Crippen LogP contribution in [0.1, 0.15) is 153 Å². The lowest BCUT2D eigenvalue weighted by Gasteiger charge is -2.50. The molecule has 0 amide bonds. The summed E-state index contributed by atoms with van der Waals surface area (Å²) in [5.74, 6) is 0. The molecule has 9 aromatic carbocycles. The number of nitrogens with zero attached hydrogens (tertiary/aromatic N) is 4. The van der Waals surface area contributed by atoms with E-state index < -0.39 is 0 Å². The molecule has 0 N–H and O–H groups in total. The Hall–Kier alpha value is -7.82. The van der Waals surface area contributed by atoms with Crippen LogP contribution in [-0.2, 0) is 32.5 Å². The van der Waals surface area contributed by atoms with Crippen LogP contribution in [-0.4, -0.2) is 26.2 Å². The Balaban J connectivity index is 0.843. The van der Waals surface area contributed by atoms with Crippen molar-refractivity contribution in [3.05, 3.63) is 226 Å². The molecule has 6 aliphatic rings. The standard InChI is InChI=1S/C80H82N4/c1-75(2)35-39-81-40-36-76(3,4)65-48-60(47-64(75)72(65)81)83(61-49-66-73-67(50-61)78(7,8)38-42-82(73)41-37-77(66,5)6)59-31-27-54(28-32-59)53-23-25-55(26-24-53)58-45-68-74-69(46-58)80(11,12)63-44-57(52-21-17-14-18-22-52)30-34-71(63)84(74)70-33-29-56(43-62(70)79(68,9)10)51-19-15-13-16-20-51/h13-34,43-50H,35-42H2,1-12H3. The second-order valence-electron chi connectivity index (χ2n) is 29.4. The zero-order valence-electron chi connectivity index (χ0n) is 51.8. The molecule has 0 saturated heterocycles. The highest BCUT2D eigenvalue weighted by molar-refractivity contribution is 5.96. The number of hydrogen-bond acceptors (Lipinski definition) is 4. The number of benzene rings is 9. The zero-order valence-corrected chi connectivity index (χ0v) is 51.8. The Morgan fingerprint density at radius 1 is 0.274 bits per heavy atom. The fraction of sp³-hybridized carbons (Fsp3) is 0.325. The van der Waals surface area contributed by atoms with Crippen molar-refractivity contribution in [2.45, 2.75) is 141 Å². The van der Waals surface area contributed by atoms with Crippen LogP contribution in [0.25, 0.3) is 44.5 Å². The van der Waals surface area contributed by atoms with E-state index in [2.05, 4.69) is 285 Å². The van der Waals surface area contributed by atoms with Gasteiger partial charge in [-0.05, 0) is 209 Å². The van der Waals surface area contributed by atoms with Gasteiger partial charge in [0.25, 0.3) is 0 Å². The summed E-state index contributed by atoms with van der Waals surface area (Å²) in [6.07, 6.45) is 4.65. The second kappa shape index (κ2) is 18.3. The highest BCUT2D eigenvalue weighted by Gasteiger charge is 2.47. The molecule has 6 aliphatic heterocycles. The molecule has 0 spiro atoms. The Kier molecular flexibility index (Phi) is 11.6. The molecule has 6 heterocycles. The van der Waals surface area contributed by atoms with Crippen LogP contribution in [0, 0.1) is 0 Å². The Morgan fingerprint density at radius 2 is 0.583 bits per heavy atom. The molecule has 0 aliphatic carbocycles. The number of fused-ring (bicyclic) bond motifs is 4. The maximum absolute atomic E-state index is 2.70. The summed E-state index contributed by atoms with van der Waals surface area (Å²) in [5, 5.41) is 0. The van der Waals surface area contributed by atoms with Gasteiger partial charge in [0.2, 0.25) is 0 Å². The van der Waals surface area contributed by atoms with Crippen molar-refractivity contribution in [1.82, 2.24) is 0 Å². The largest absolute Gasteiger partial charge is 0.371 e. The molecule has 0 radical (unpaired) electrons. The first-order valence-corrected chi connectivity index (χ1v) is 31.4. The van der Waals surface area contributed by atoms with Crippen LogP contribution in [0.4, 0.5) is 45.5 Å². The van der Waals surface area contributed by atoms with E-state index in [-0.39, 0.29) is 32.5 Å². The van der Waals surface area contributed by atoms with Gasteiger partial charge in [-0.25, -0.2) is 0 Å². The Labute approximate surface area is 500 Å². The third-order valence-electron chi connectivity index (χ3n) is 21.7. The molecule has 0 fully saturated rings. The lowest BCUT2D eigenvalue weighted by molar-refractivity contribution is 0.401. The van der Waals surface area contributed by atoms with E-state index in [1.165, 1.54) is 135 Å². The summed E-state index contributed by atoms with van der Waals surface area (Å²) >= 11 is 0. The molecule has 0 unspecified atom stereocenters. The highest BCUT2D eigenvalue weighted by Crippen LogP contribution is 2.62. The summed E-state index contributed by atoms with van der Waals surface area (Å²) in [4.78, 5) is 10.6. The third kappa shape index (κ3) is 8.05. The first kappa shape index (κ1) is 52.9. The predicted octanol–water partition coefficient (Wildman–Crippen LogP) is 20.9. The van der Waals surface area contributed by atoms with Crippen LogP contribution in [0.15, 0.2) is 182 Å². The van der Waals surface area contributed by atoms with E-state index in [0.29, 0.717) is 0 Å². The number of anilines is 8. The summed E-state index contributed by atoms with van der Waals surface area (Å²) in [6.45, 7) is 34.2. The van der Waals surface area contributed by atoms with Crippen LogP contribution in [0.3, 0.4) is 0 Å². The molecule has 0 atom stereocenters. The average Bonchev–Trinajstić information content (AvgIpc) is 1.70. The monoisotopic (exact) mass is 1100 g/mol. The molecular formula is C80H82N4. The van der Waals surface area contributed by atoms with Gasteiger partial charge in [0.1, 0.15) is 0 Å². The van der Waals surface area contributed by atoms with Crippen molar-refractivity contribution in [3.63, 3.8) is 0 Å². The van der Waals surface area contributed by atoms with Crippen molar-refractivity contribution in [1.29, 1.82) is 0 Å². The minimum atomic E-state index is -0.282. The number of rotatable bonds is 7. The van der Waals surface area contributed by atoms with Gasteiger partial charge < -0.3 is 19.6 Å².